The van der Waals surface area contributed by atoms with Gasteiger partial charge in [-0.15, -0.1) is 0 Å². The molecule has 0 spiro atoms. The first-order valence-electron chi connectivity index (χ1n) is 6.99. The number of benzene rings is 1. The highest BCUT2D eigenvalue weighted by Crippen LogP contribution is 2.37. The minimum Gasteiger partial charge on any atom is -0.465 e. The fourth-order valence-electron chi connectivity index (χ4n) is 2.24. The summed E-state index contributed by atoms with van der Waals surface area (Å²) in [7, 11) is 2.19. The molecule has 0 bridgehead atoms. The van der Waals surface area contributed by atoms with Gasteiger partial charge in [-0.25, -0.2) is 18.4 Å². The summed E-state index contributed by atoms with van der Waals surface area (Å²) >= 11 is 3.02. The summed E-state index contributed by atoms with van der Waals surface area (Å²) in [5.41, 5.74) is -1.75. The highest BCUT2D eigenvalue weighted by atomic mass is 79.9. The van der Waals surface area contributed by atoms with Crippen LogP contribution in [0, 0.1) is 23.0 Å². The van der Waals surface area contributed by atoms with Crippen LogP contribution in [0.5, 0.6) is 0 Å². The number of nitriles is 1. The van der Waals surface area contributed by atoms with Crippen LogP contribution in [0.2, 0.25) is 0 Å². The Balaban J connectivity index is 2.85. The van der Waals surface area contributed by atoms with Gasteiger partial charge in [-0.05, 0) is 34.1 Å². The zero-order valence-electron chi connectivity index (χ0n) is 13.5. The number of halogens is 3. The van der Waals surface area contributed by atoms with E-state index in [0.29, 0.717) is 0 Å². The standard InChI is InChI=1S/C17H11BrF2N2O4/c1-25-16(23)9-5-3-4-6-22(14(9)17(24)26-2)15-11(18)7-12(19)10(8-21)13(15)20/h3-7H,1-2H3. The lowest BCUT2D eigenvalue weighted by Gasteiger charge is -2.25. The van der Waals surface area contributed by atoms with Crippen molar-refractivity contribution in [3.05, 3.63) is 63.4 Å². The second-order valence-electron chi connectivity index (χ2n) is 4.81. The molecule has 0 atom stereocenters. The van der Waals surface area contributed by atoms with E-state index in [1.807, 2.05) is 0 Å². The van der Waals surface area contributed by atoms with Gasteiger partial charge in [0.2, 0.25) is 0 Å². The number of nitrogens with zero attached hydrogens (tertiary/aromatic N) is 2. The Labute approximate surface area is 155 Å². The molecular weight excluding hydrogens is 414 g/mol. The molecule has 0 unspecified atom stereocenters. The average Bonchev–Trinajstić information content (AvgIpc) is 2.83. The summed E-state index contributed by atoms with van der Waals surface area (Å²) in [5.74, 6) is -4.11. The third-order valence-electron chi connectivity index (χ3n) is 3.39. The van der Waals surface area contributed by atoms with E-state index in [9.17, 15) is 18.4 Å². The number of rotatable bonds is 3. The molecule has 26 heavy (non-hydrogen) atoms. The largest absolute Gasteiger partial charge is 0.465 e. The van der Waals surface area contributed by atoms with Gasteiger partial charge in [-0.1, -0.05) is 6.08 Å². The molecule has 0 saturated heterocycles. The second-order valence-corrected chi connectivity index (χ2v) is 5.66. The van der Waals surface area contributed by atoms with Crippen molar-refractivity contribution in [2.24, 2.45) is 0 Å². The number of anilines is 1. The van der Waals surface area contributed by atoms with Crippen molar-refractivity contribution in [3.8, 4) is 6.07 Å². The van der Waals surface area contributed by atoms with Crippen molar-refractivity contribution in [1.82, 2.24) is 0 Å². The first-order valence-corrected chi connectivity index (χ1v) is 7.79. The zero-order chi connectivity index (χ0) is 19.4. The third kappa shape index (κ3) is 3.36. The quantitative estimate of drug-likeness (QED) is 0.693. The van der Waals surface area contributed by atoms with E-state index in [0.717, 1.165) is 25.2 Å². The molecule has 0 saturated carbocycles. The van der Waals surface area contributed by atoms with Crippen LogP contribution in [0.1, 0.15) is 5.56 Å². The van der Waals surface area contributed by atoms with Crippen molar-refractivity contribution in [2.45, 2.75) is 0 Å². The Hall–Kier alpha value is -2.99. The fourth-order valence-corrected chi connectivity index (χ4v) is 2.81. The van der Waals surface area contributed by atoms with Gasteiger partial charge in [0.1, 0.15) is 23.1 Å². The Morgan fingerprint density at radius 1 is 1.19 bits per heavy atom. The molecule has 0 aromatic heterocycles. The molecule has 0 radical (unpaired) electrons. The molecule has 1 aliphatic rings. The zero-order valence-corrected chi connectivity index (χ0v) is 15.1. The molecule has 0 fully saturated rings. The highest BCUT2D eigenvalue weighted by molar-refractivity contribution is 9.10. The Bertz CT molecular complexity index is 916. The number of allylic oxidation sites excluding steroid dienone is 2. The number of methoxy groups -OCH3 is 2. The number of ether oxygens (including phenoxy) is 2. The highest BCUT2D eigenvalue weighted by Gasteiger charge is 2.31. The molecule has 0 N–H and O–H groups in total. The minimum atomic E-state index is -1.21. The SMILES string of the molecule is COC(=O)C1=C(C(=O)OC)N(c2c(Br)cc(F)c(C#N)c2F)C=CC=C1. The van der Waals surface area contributed by atoms with E-state index in [1.54, 1.807) is 0 Å². The van der Waals surface area contributed by atoms with Crippen molar-refractivity contribution >= 4 is 33.6 Å². The van der Waals surface area contributed by atoms with Crippen molar-refractivity contribution in [1.29, 1.82) is 5.26 Å². The lowest BCUT2D eigenvalue weighted by molar-refractivity contribution is -0.139. The lowest BCUT2D eigenvalue weighted by Crippen LogP contribution is -2.28. The van der Waals surface area contributed by atoms with Crippen molar-refractivity contribution in [3.63, 3.8) is 0 Å². The lowest BCUT2D eigenvalue weighted by atomic mass is 10.1. The predicted octanol–water partition coefficient (Wildman–Crippen LogP) is 3.09. The van der Waals surface area contributed by atoms with E-state index < -0.39 is 29.1 Å². The van der Waals surface area contributed by atoms with Gasteiger partial charge in [0, 0.05) is 10.7 Å². The van der Waals surface area contributed by atoms with E-state index in [2.05, 4.69) is 20.7 Å². The van der Waals surface area contributed by atoms with E-state index in [-0.39, 0.29) is 21.4 Å². The van der Waals surface area contributed by atoms with Crippen LogP contribution in [-0.2, 0) is 19.1 Å². The maximum atomic E-state index is 14.8. The number of hydrogen-bond acceptors (Lipinski definition) is 6. The van der Waals surface area contributed by atoms with E-state index in [4.69, 9.17) is 10.00 Å². The van der Waals surface area contributed by atoms with Crippen LogP contribution < -0.4 is 4.90 Å². The number of carbonyl (C=O) groups is 2. The summed E-state index contributed by atoms with van der Waals surface area (Å²) in [6.07, 6.45) is 5.39. The van der Waals surface area contributed by atoms with Gasteiger partial charge < -0.3 is 14.4 Å². The number of hydrogen-bond donors (Lipinski definition) is 0. The van der Waals surface area contributed by atoms with Gasteiger partial charge >= 0.3 is 11.9 Å². The molecule has 1 aliphatic heterocycles. The fraction of sp³-hybridized carbons (Fsp3) is 0.118. The van der Waals surface area contributed by atoms with Gasteiger partial charge in [-0.3, -0.25) is 0 Å². The molecule has 9 heteroatoms. The second kappa shape index (κ2) is 7.93. The molecule has 6 nitrogen and oxygen atoms in total. The third-order valence-corrected chi connectivity index (χ3v) is 3.99. The molecule has 0 amide bonds. The summed E-state index contributed by atoms with van der Waals surface area (Å²) in [6, 6.07) is 2.31. The molecule has 134 valence electrons. The monoisotopic (exact) mass is 424 g/mol. The Kier molecular flexibility index (Phi) is 5.90. The van der Waals surface area contributed by atoms with Gasteiger partial charge in [0.05, 0.1) is 25.5 Å². The minimum absolute atomic E-state index is 0.0799. The first kappa shape index (κ1) is 19.3. The summed E-state index contributed by atoms with van der Waals surface area (Å²) in [5, 5.41) is 9.00. The number of esters is 2. The topological polar surface area (TPSA) is 79.6 Å². The normalized spacial score (nSPS) is 13.3. The maximum Gasteiger partial charge on any atom is 0.355 e. The van der Waals surface area contributed by atoms with Crippen LogP contribution >= 0.6 is 15.9 Å². The molecule has 1 aromatic carbocycles. The average molecular weight is 425 g/mol. The van der Waals surface area contributed by atoms with Gasteiger partial charge in [-0.2, -0.15) is 5.26 Å². The van der Waals surface area contributed by atoms with E-state index in [1.165, 1.54) is 30.5 Å². The van der Waals surface area contributed by atoms with Crippen LogP contribution in [0.4, 0.5) is 14.5 Å². The molecule has 1 heterocycles. The van der Waals surface area contributed by atoms with Crippen LogP contribution in [0.15, 0.2) is 46.2 Å². The summed E-state index contributed by atoms with van der Waals surface area (Å²) < 4.78 is 37.8. The Morgan fingerprint density at radius 2 is 1.85 bits per heavy atom. The molecular formula is C17H11BrF2N2O4. The number of carbonyl (C=O) groups excluding carboxylic acids is 2. The van der Waals surface area contributed by atoms with Crippen molar-refractivity contribution in [2.75, 3.05) is 19.1 Å². The molecule has 0 aliphatic carbocycles. The first-order chi connectivity index (χ1) is 12.4. The van der Waals surface area contributed by atoms with Crippen LogP contribution in [-0.4, -0.2) is 26.2 Å². The smallest absolute Gasteiger partial charge is 0.355 e. The Morgan fingerprint density at radius 3 is 2.42 bits per heavy atom. The van der Waals surface area contributed by atoms with Gasteiger partial charge in [0.25, 0.3) is 0 Å². The van der Waals surface area contributed by atoms with Crippen molar-refractivity contribution < 1.29 is 27.8 Å². The molecule has 2 rings (SSSR count). The molecule has 1 aromatic rings. The maximum absolute atomic E-state index is 14.8. The van der Waals surface area contributed by atoms with Crippen LogP contribution in [0.3, 0.4) is 0 Å². The van der Waals surface area contributed by atoms with E-state index >= 15 is 0 Å². The van der Waals surface area contributed by atoms with Crippen LogP contribution in [0.25, 0.3) is 0 Å². The summed E-state index contributed by atoms with van der Waals surface area (Å²) in [4.78, 5) is 25.4. The summed E-state index contributed by atoms with van der Waals surface area (Å²) in [6.45, 7) is 0. The van der Waals surface area contributed by atoms with Gasteiger partial charge in [0.15, 0.2) is 5.82 Å². The predicted molar refractivity (Wildman–Crippen MR) is 90.6 cm³/mol.